The second-order valence-corrected chi connectivity index (χ2v) is 8.03. The smallest absolute Gasteiger partial charge is 0.261 e. The predicted molar refractivity (Wildman–Crippen MR) is 112 cm³/mol. The Kier molecular flexibility index (Phi) is 5.00. The molecule has 0 saturated carbocycles. The van der Waals surface area contributed by atoms with E-state index in [1.165, 1.54) is 0 Å². The molecule has 28 heavy (non-hydrogen) atoms. The van der Waals surface area contributed by atoms with Crippen LogP contribution in [0.4, 0.5) is 5.69 Å². The maximum atomic E-state index is 12.7. The molecule has 4 aromatic rings. The van der Waals surface area contributed by atoms with Crippen molar-refractivity contribution in [1.29, 1.82) is 0 Å². The number of hydrogen-bond donors (Lipinski definition) is 1. The molecule has 0 saturated heterocycles. The van der Waals surface area contributed by atoms with Crippen LogP contribution in [0.15, 0.2) is 102 Å². The fourth-order valence-electron chi connectivity index (χ4n) is 3.02. The third-order valence-corrected chi connectivity index (χ3v) is 5.80. The molecule has 0 unspecified atom stereocenters. The van der Waals surface area contributed by atoms with Crippen LogP contribution in [0, 0.1) is 0 Å². The van der Waals surface area contributed by atoms with Crippen molar-refractivity contribution in [3.05, 3.63) is 103 Å². The first kappa shape index (κ1) is 18.1. The van der Waals surface area contributed by atoms with Gasteiger partial charge in [-0.25, -0.2) is 8.42 Å². The minimum Gasteiger partial charge on any atom is -0.488 e. The zero-order valence-corrected chi connectivity index (χ0v) is 15.9. The van der Waals surface area contributed by atoms with Crippen LogP contribution in [0.5, 0.6) is 5.75 Å². The van der Waals surface area contributed by atoms with Gasteiger partial charge in [0, 0.05) is 10.8 Å². The Morgan fingerprint density at radius 3 is 2.00 bits per heavy atom. The Balaban J connectivity index is 1.66. The highest BCUT2D eigenvalue weighted by Gasteiger charge is 2.16. The lowest BCUT2D eigenvalue weighted by Gasteiger charge is -2.14. The van der Waals surface area contributed by atoms with E-state index in [9.17, 15) is 8.42 Å². The zero-order chi connectivity index (χ0) is 19.4. The fourth-order valence-corrected chi connectivity index (χ4v) is 4.13. The normalized spacial score (nSPS) is 11.3. The SMILES string of the molecule is O=S(=O)(Nc1ccc(OCc2ccccc2)c2ccccc12)c1ccccc1. The summed E-state index contributed by atoms with van der Waals surface area (Å²) in [5.41, 5.74) is 1.59. The fraction of sp³-hybridized carbons (Fsp3) is 0.0435. The maximum Gasteiger partial charge on any atom is 0.261 e. The van der Waals surface area contributed by atoms with Crippen molar-refractivity contribution >= 4 is 26.5 Å². The molecule has 5 heteroatoms. The number of nitrogens with one attached hydrogen (secondary N) is 1. The molecule has 0 radical (unpaired) electrons. The molecule has 4 rings (SSSR count). The van der Waals surface area contributed by atoms with Crippen molar-refractivity contribution in [3.8, 4) is 5.75 Å². The molecule has 0 aromatic heterocycles. The van der Waals surface area contributed by atoms with Crippen molar-refractivity contribution in [2.24, 2.45) is 0 Å². The van der Waals surface area contributed by atoms with Crippen LogP contribution in [-0.2, 0) is 16.6 Å². The van der Waals surface area contributed by atoms with E-state index in [1.54, 1.807) is 42.5 Å². The number of anilines is 1. The summed E-state index contributed by atoms with van der Waals surface area (Å²) in [6.07, 6.45) is 0. The molecular formula is C23H19NO3S. The molecule has 0 amide bonds. The lowest BCUT2D eigenvalue weighted by Crippen LogP contribution is -2.13. The number of fused-ring (bicyclic) bond motifs is 1. The Bertz CT molecular complexity index is 1190. The third-order valence-electron chi connectivity index (χ3n) is 4.42. The van der Waals surface area contributed by atoms with E-state index in [-0.39, 0.29) is 4.90 Å². The monoisotopic (exact) mass is 389 g/mol. The average Bonchev–Trinajstić information content (AvgIpc) is 2.74. The molecule has 0 atom stereocenters. The number of benzene rings is 4. The van der Waals surface area contributed by atoms with Crippen LogP contribution in [0.3, 0.4) is 0 Å². The van der Waals surface area contributed by atoms with E-state index in [4.69, 9.17) is 4.74 Å². The van der Waals surface area contributed by atoms with Crippen molar-refractivity contribution in [1.82, 2.24) is 0 Å². The van der Waals surface area contributed by atoms with Crippen LogP contribution in [0.1, 0.15) is 5.56 Å². The standard InChI is InChI=1S/C23H19NO3S/c25-28(26,19-11-5-2-6-12-19)24-22-15-16-23(21-14-8-7-13-20(21)22)27-17-18-9-3-1-4-10-18/h1-16,24H,17H2. The van der Waals surface area contributed by atoms with Gasteiger partial charge >= 0.3 is 0 Å². The molecule has 4 aromatic carbocycles. The first-order valence-corrected chi connectivity index (χ1v) is 10.4. The maximum absolute atomic E-state index is 12.7. The average molecular weight is 389 g/mol. The van der Waals surface area contributed by atoms with Crippen molar-refractivity contribution < 1.29 is 13.2 Å². The predicted octanol–water partition coefficient (Wildman–Crippen LogP) is 5.22. The van der Waals surface area contributed by atoms with Crippen LogP contribution in [0.25, 0.3) is 10.8 Å². The second kappa shape index (κ2) is 7.74. The Labute approximate surface area is 164 Å². The van der Waals surface area contributed by atoms with E-state index < -0.39 is 10.0 Å². The summed E-state index contributed by atoms with van der Waals surface area (Å²) >= 11 is 0. The van der Waals surface area contributed by atoms with Gasteiger partial charge < -0.3 is 4.74 Å². The van der Waals surface area contributed by atoms with Gasteiger partial charge in [0.25, 0.3) is 10.0 Å². The second-order valence-electron chi connectivity index (χ2n) is 6.35. The summed E-state index contributed by atoms with van der Waals surface area (Å²) < 4.78 is 34.1. The van der Waals surface area contributed by atoms with E-state index in [1.807, 2.05) is 54.6 Å². The quantitative estimate of drug-likeness (QED) is 0.492. The summed E-state index contributed by atoms with van der Waals surface area (Å²) in [6, 6.07) is 29.4. The largest absolute Gasteiger partial charge is 0.488 e. The lowest BCUT2D eigenvalue weighted by molar-refractivity contribution is 0.310. The summed E-state index contributed by atoms with van der Waals surface area (Å²) in [5.74, 6) is 0.710. The Morgan fingerprint density at radius 2 is 1.29 bits per heavy atom. The van der Waals surface area contributed by atoms with Gasteiger partial charge in [0.05, 0.1) is 10.6 Å². The van der Waals surface area contributed by atoms with Crippen LogP contribution in [-0.4, -0.2) is 8.42 Å². The molecule has 0 spiro atoms. The van der Waals surface area contributed by atoms with Crippen LogP contribution >= 0.6 is 0 Å². The third kappa shape index (κ3) is 3.85. The summed E-state index contributed by atoms with van der Waals surface area (Å²) in [5, 5.41) is 1.64. The molecule has 1 N–H and O–H groups in total. The number of rotatable bonds is 6. The summed E-state index contributed by atoms with van der Waals surface area (Å²) in [7, 11) is -3.66. The van der Waals surface area contributed by atoms with Gasteiger partial charge in [-0.05, 0) is 29.8 Å². The highest BCUT2D eigenvalue weighted by Crippen LogP contribution is 2.33. The Hall–Kier alpha value is -3.31. The molecule has 4 nitrogen and oxygen atoms in total. The minimum atomic E-state index is -3.66. The van der Waals surface area contributed by atoms with Crippen molar-refractivity contribution in [2.75, 3.05) is 4.72 Å². The van der Waals surface area contributed by atoms with Gasteiger partial charge in [-0.3, -0.25) is 4.72 Å². The van der Waals surface area contributed by atoms with E-state index in [0.29, 0.717) is 18.0 Å². The highest BCUT2D eigenvalue weighted by atomic mass is 32.2. The van der Waals surface area contributed by atoms with Gasteiger partial charge in [-0.2, -0.15) is 0 Å². The lowest BCUT2D eigenvalue weighted by atomic mass is 10.1. The first-order valence-electron chi connectivity index (χ1n) is 8.90. The highest BCUT2D eigenvalue weighted by molar-refractivity contribution is 7.92. The summed E-state index contributed by atoms with van der Waals surface area (Å²) in [6.45, 7) is 0.444. The number of ether oxygens (including phenoxy) is 1. The van der Waals surface area contributed by atoms with Gasteiger partial charge in [0.2, 0.25) is 0 Å². The Morgan fingerprint density at radius 1 is 0.679 bits per heavy atom. The molecule has 0 aliphatic rings. The molecule has 0 heterocycles. The molecule has 0 bridgehead atoms. The van der Waals surface area contributed by atoms with Crippen molar-refractivity contribution in [2.45, 2.75) is 11.5 Å². The number of hydrogen-bond acceptors (Lipinski definition) is 3. The van der Waals surface area contributed by atoms with Crippen LogP contribution in [0.2, 0.25) is 0 Å². The van der Waals surface area contributed by atoms with E-state index >= 15 is 0 Å². The van der Waals surface area contributed by atoms with Crippen molar-refractivity contribution in [3.63, 3.8) is 0 Å². The minimum absolute atomic E-state index is 0.225. The molecule has 0 aliphatic heterocycles. The molecular weight excluding hydrogens is 370 g/mol. The number of sulfonamides is 1. The molecule has 140 valence electrons. The first-order chi connectivity index (χ1) is 13.6. The van der Waals surface area contributed by atoms with Gasteiger partial charge in [-0.1, -0.05) is 72.8 Å². The molecule has 0 aliphatic carbocycles. The van der Waals surface area contributed by atoms with E-state index in [2.05, 4.69) is 4.72 Å². The van der Waals surface area contributed by atoms with Gasteiger partial charge in [0.1, 0.15) is 12.4 Å². The van der Waals surface area contributed by atoms with Crippen LogP contribution < -0.4 is 9.46 Å². The van der Waals surface area contributed by atoms with E-state index in [0.717, 1.165) is 16.3 Å². The summed E-state index contributed by atoms with van der Waals surface area (Å²) in [4.78, 5) is 0.225. The topological polar surface area (TPSA) is 55.4 Å². The zero-order valence-electron chi connectivity index (χ0n) is 15.1. The van der Waals surface area contributed by atoms with Gasteiger partial charge in [0.15, 0.2) is 0 Å². The van der Waals surface area contributed by atoms with Gasteiger partial charge in [-0.15, -0.1) is 0 Å². The molecule has 0 fully saturated rings.